The summed E-state index contributed by atoms with van der Waals surface area (Å²) in [7, 11) is 4.13. The van der Waals surface area contributed by atoms with E-state index >= 15 is 0 Å². The van der Waals surface area contributed by atoms with E-state index in [4.69, 9.17) is 4.74 Å². The van der Waals surface area contributed by atoms with E-state index in [2.05, 4.69) is 43.3 Å². The summed E-state index contributed by atoms with van der Waals surface area (Å²) in [5, 5.41) is 0. The van der Waals surface area contributed by atoms with Crippen LogP contribution in [0.2, 0.25) is 0 Å². The lowest BCUT2D eigenvalue weighted by Gasteiger charge is -2.13. The predicted molar refractivity (Wildman–Crippen MR) is 90.4 cm³/mol. The molecule has 0 heterocycles. The van der Waals surface area contributed by atoms with Crippen molar-refractivity contribution in [3.05, 3.63) is 59.7 Å². The zero-order chi connectivity index (χ0) is 15.9. The molecule has 0 saturated heterocycles. The molecule has 0 amide bonds. The summed E-state index contributed by atoms with van der Waals surface area (Å²) >= 11 is 1.71. The van der Waals surface area contributed by atoms with Gasteiger partial charge >= 0.3 is 5.97 Å². The Morgan fingerprint density at radius 3 is 2.41 bits per heavy atom. The summed E-state index contributed by atoms with van der Waals surface area (Å²) in [6.45, 7) is 3.11. The zero-order valence-electron chi connectivity index (χ0n) is 13.2. The van der Waals surface area contributed by atoms with E-state index in [-0.39, 0.29) is 5.97 Å². The van der Waals surface area contributed by atoms with Crippen molar-refractivity contribution < 1.29 is 9.53 Å². The second kappa shape index (κ2) is 8.01. The van der Waals surface area contributed by atoms with E-state index < -0.39 is 0 Å². The summed E-state index contributed by atoms with van der Waals surface area (Å²) in [4.78, 5) is 16.2. The second-order valence-electron chi connectivity index (χ2n) is 5.19. The van der Waals surface area contributed by atoms with Crippen molar-refractivity contribution in [3.8, 4) is 0 Å². The Hall–Kier alpha value is -1.78. The van der Waals surface area contributed by atoms with Crippen molar-refractivity contribution in [2.45, 2.75) is 23.3 Å². The first-order valence-electron chi connectivity index (χ1n) is 7.28. The Labute approximate surface area is 136 Å². The molecule has 0 N–H and O–H groups in total. The van der Waals surface area contributed by atoms with Crippen LogP contribution in [-0.4, -0.2) is 31.6 Å². The molecule has 2 rings (SSSR count). The highest BCUT2D eigenvalue weighted by molar-refractivity contribution is 7.99. The summed E-state index contributed by atoms with van der Waals surface area (Å²) in [6, 6.07) is 15.9. The molecule has 0 aliphatic carbocycles. The maximum atomic E-state index is 11.7. The molecular weight excluding hydrogens is 294 g/mol. The van der Waals surface area contributed by atoms with Crippen molar-refractivity contribution in [2.24, 2.45) is 0 Å². The van der Waals surface area contributed by atoms with Crippen molar-refractivity contribution in [1.29, 1.82) is 0 Å². The van der Waals surface area contributed by atoms with Crippen LogP contribution in [0.15, 0.2) is 58.3 Å². The van der Waals surface area contributed by atoms with Gasteiger partial charge in [0.25, 0.3) is 0 Å². The van der Waals surface area contributed by atoms with Crippen molar-refractivity contribution in [1.82, 2.24) is 4.90 Å². The molecule has 0 unspecified atom stereocenters. The highest BCUT2D eigenvalue weighted by Gasteiger charge is 2.08. The van der Waals surface area contributed by atoms with E-state index in [9.17, 15) is 4.79 Å². The fourth-order valence-electron chi connectivity index (χ4n) is 2.08. The van der Waals surface area contributed by atoms with Crippen LogP contribution >= 0.6 is 11.8 Å². The number of ether oxygens (including phenoxy) is 1. The summed E-state index contributed by atoms with van der Waals surface area (Å²) in [5.74, 6) is -0.271. The number of benzene rings is 2. The molecule has 0 radical (unpaired) electrons. The van der Waals surface area contributed by atoms with Gasteiger partial charge in [-0.05, 0) is 56.9 Å². The average molecular weight is 315 g/mol. The van der Waals surface area contributed by atoms with Crippen LogP contribution in [0.1, 0.15) is 22.8 Å². The minimum absolute atomic E-state index is 0.271. The largest absolute Gasteiger partial charge is 0.462 e. The lowest BCUT2D eigenvalue weighted by atomic mass is 10.2. The quantitative estimate of drug-likeness (QED) is 0.751. The van der Waals surface area contributed by atoms with E-state index in [1.165, 1.54) is 10.5 Å². The average Bonchev–Trinajstić information content (AvgIpc) is 2.50. The first kappa shape index (κ1) is 16.6. The molecule has 2 aromatic rings. The van der Waals surface area contributed by atoms with Gasteiger partial charge in [0.05, 0.1) is 12.2 Å². The standard InChI is InChI=1S/C18H21NO2S/c1-4-21-18(20)14-9-11-16(12-10-14)22-17-8-6-5-7-15(17)13-19(2)3/h5-12H,4,13H2,1-3H3. The number of rotatable bonds is 6. The molecule has 4 heteroatoms. The number of carbonyl (C=O) groups is 1. The van der Waals surface area contributed by atoms with Gasteiger partial charge in [0.1, 0.15) is 0 Å². The number of hydrogen-bond donors (Lipinski definition) is 0. The molecular formula is C18H21NO2S. The van der Waals surface area contributed by atoms with Gasteiger partial charge in [0, 0.05) is 16.3 Å². The number of nitrogens with zero attached hydrogens (tertiary/aromatic N) is 1. The minimum atomic E-state index is -0.271. The fraction of sp³-hybridized carbons (Fsp3) is 0.278. The predicted octanol–water partition coefficient (Wildman–Crippen LogP) is 4.08. The Morgan fingerprint density at radius 2 is 1.77 bits per heavy atom. The van der Waals surface area contributed by atoms with Gasteiger partial charge in [0.15, 0.2) is 0 Å². The lowest BCUT2D eigenvalue weighted by molar-refractivity contribution is 0.0526. The van der Waals surface area contributed by atoms with Crippen LogP contribution in [0, 0.1) is 0 Å². The number of esters is 1. The number of hydrogen-bond acceptors (Lipinski definition) is 4. The normalized spacial score (nSPS) is 10.7. The van der Waals surface area contributed by atoms with Gasteiger partial charge in [0.2, 0.25) is 0 Å². The van der Waals surface area contributed by atoms with Gasteiger partial charge < -0.3 is 9.64 Å². The molecule has 0 bridgehead atoms. The van der Waals surface area contributed by atoms with E-state index in [1.54, 1.807) is 11.8 Å². The smallest absolute Gasteiger partial charge is 0.338 e. The van der Waals surface area contributed by atoms with Crippen LogP contribution in [0.3, 0.4) is 0 Å². The fourth-order valence-corrected chi connectivity index (χ4v) is 3.01. The Balaban J connectivity index is 2.13. The third-order valence-corrected chi connectivity index (χ3v) is 4.18. The zero-order valence-corrected chi connectivity index (χ0v) is 14.0. The van der Waals surface area contributed by atoms with Crippen LogP contribution in [0.4, 0.5) is 0 Å². The molecule has 0 aromatic heterocycles. The SMILES string of the molecule is CCOC(=O)c1ccc(Sc2ccccc2CN(C)C)cc1. The second-order valence-corrected chi connectivity index (χ2v) is 6.31. The minimum Gasteiger partial charge on any atom is -0.462 e. The molecule has 0 spiro atoms. The third kappa shape index (κ3) is 4.61. The third-order valence-electron chi connectivity index (χ3n) is 3.05. The van der Waals surface area contributed by atoms with Gasteiger partial charge in [-0.2, -0.15) is 0 Å². The Morgan fingerprint density at radius 1 is 1.09 bits per heavy atom. The monoisotopic (exact) mass is 315 g/mol. The molecule has 0 aliphatic heterocycles. The van der Waals surface area contributed by atoms with Crippen molar-refractivity contribution in [3.63, 3.8) is 0 Å². The van der Waals surface area contributed by atoms with Crippen LogP contribution in [0.5, 0.6) is 0 Å². The molecule has 22 heavy (non-hydrogen) atoms. The van der Waals surface area contributed by atoms with Crippen LogP contribution in [0.25, 0.3) is 0 Å². The van der Waals surface area contributed by atoms with Crippen molar-refractivity contribution in [2.75, 3.05) is 20.7 Å². The molecule has 2 aromatic carbocycles. The first-order chi connectivity index (χ1) is 10.6. The maximum Gasteiger partial charge on any atom is 0.338 e. The molecule has 116 valence electrons. The first-order valence-corrected chi connectivity index (χ1v) is 8.09. The van der Waals surface area contributed by atoms with Gasteiger partial charge in [-0.3, -0.25) is 0 Å². The summed E-state index contributed by atoms with van der Waals surface area (Å²) in [5.41, 5.74) is 1.89. The number of carbonyl (C=O) groups excluding carboxylic acids is 1. The van der Waals surface area contributed by atoms with Gasteiger partial charge in [-0.15, -0.1) is 0 Å². The maximum absolute atomic E-state index is 11.7. The van der Waals surface area contributed by atoms with E-state index in [0.29, 0.717) is 12.2 Å². The Bertz CT molecular complexity index is 623. The summed E-state index contributed by atoms with van der Waals surface area (Å²) < 4.78 is 5.00. The molecule has 0 atom stereocenters. The van der Waals surface area contributed by atoms with Crippen LogP contribution < -0.4 is 0 Å². The van der Waals surface area contributed by atoms with E-state index in [0.717, 1.165) is 11.4 Å². The molecule has 0 saturated carbocycles. The highest BCUT2D eigenvalue weighted by atomic mass is 32.2. The van der Waals surface area contributed by atoms with E-state index in [1.807, 2.05) is 31.2 Å². The molecule has 0 aliphatic rings. The van der Waals surface area contributed by atoms with Crippen LogP contribution in [-0.2, 0) is 11.3 Å². The molecule has 3 nitrogen and oxygen atoms in total. The lowest BCUT2D eigenvalue weighted by Crippen LogP contribution is -2.11. The summed E-state index contributed by atoms with van der Waals surface area (Å²) in [6.07, 6.45) is 0. The highest BCUT2D eigenvalue weighted by Crippen LogP contribution is 2.31. The van der Waals surface area contributed by atoms with Gasteiger partial charge in [-0.25, -0.2) is 4.79 Å². The Kier molecular flexibility index (Phi) is 6.04. The molecule has 0 fully saturated rings. The topological polar surface area (TPSA) is 29.5 Å². The van der Waals surface area contributed by atoms with Crippen molar-refractivity contribution >= 4 is 17.7 Å². The van der Waals surface area contributed by atoms with Gasteiger partial charge in [-0.1, -0.05) is 30.0 Å².